The first kappa shape index (κ1) is 14.4. The molecule has 0 spiro atoms. The largest absolute Gasteiger partial charge is 0.497 e. The van der Waals surface area contributed by atoms with Gasteiger partial charge < -0.3 is 14.8 Å². The minimum atomic E-state index is -0.794. The molecule has 20 heavy (non-hydrogen) atoms. The van der Waals surface area contributed by atoms with Crippen LogP contribution in [-0.2, 0) is 14.3 Å². The molecule has 0 bridgehead atoms. The molecule has 5 heteroatoms. The van der Waals surface area contributed by atoms with Gasteiger partial charge in [0.15, 0.2) is 6.10 Å². The Bertz CT molecular complexity index is 497. The van der Waals surface area contributed by atoms with Gasteiger partial charge in [0.2, 0.25) is 0 Å². The number of rotatable bonds is 5. The van der Waals surface area contributed by atoms with Crippen molar-refractivity contribution in [2.75, 3.05) is 12.4 Å². The molecule has 0 unspecified atom stereocenters. The number of amides is 1. The zero-order valence-electron chi connectivity index (χ0n) is 11.9. The smallest absolute Gasteiger partial charge is 0.309 e. The molecule has 1 saturated carbocycles. The van der Waals surface area contributed by atoms with Crippen LogP contribution in [0.5, 0.6) is 5.75 Å². The molecule has 0 radical (unpaired) electrons. The molecule has 1 aromatic carbocycles. The predicted octanol–water partition coefficient (Wildman–Crippen LogP) is 2.22. The first-order chi connectivity index (χ1) is 9.51. The van der Waals surface area contributed by atoms with Crippen molar-refractivity contribution >= 4 is 17.6 Å². The third-order valence-electron chi connectivity index (χ3n) is 3.43. The Morgan fingerprint density at radius 3 is 2.40 bits per heavy atom. The van der Waals surface area contributed by atoms with Gasteiger partial charge in [0.25, 0.3) is 5.91 Å². The second kappa shape index (κ2) is 5.94. The fourth-order valence-electron chi connectivity index (χ4n) is 1.88. The maximum absolute atomic E-state index is 11.9. The summed E-state index contributed by atoms with van der Waals surface area (Å²) in [6.07, 6.45) is 0.0588. The summed E-state index contributed by atoms with van der Waals surface area (Å²) in [5.41, 5.74) is 0.637. The molecule has 0 heterocycles. The van der Waals surface area contributed by atoms with Crippen LogP contribution in [0.1, 0.15) is 20.3 Å². The zero-order valence-corrected chi connectivity index (χ0v) is 11.9. The van der Waals surface area contributed by atoms with Gasteiger partial charge in [-0.1, -0.05) is 6.92 Å². The highest BCUT2D eigenvalue weighted by atomic mass is 16.5. The lowest BCUT2D eigenvalue weighted by Gasteiger charge is -2.13. The lowest BCUT2D eigenvalue weighted by molar-refractivity contribution is -0.154. The number of carbonyl (C=O) groups excluding carboxylic acids is 2. The Balaban J connectivity index is 1.85. The summed E-state index contributed by atoms with van der Waals surface area (Å²) in [4.78, 5) is 23.6. The first-order valence-corrected chi connectivity index (χ1v) is 6.66. The summed E-state index contributed by atoms with van der Waals surface area (Å²) in [6.45, 7) is 3.57. The Hall–Kier alpha value is -2.04. The third kappa shape index (κ3) is 3.50. The minimum Gasteiger partial charge on any atom is -0.497 e. The number of carbonyl (C=O) groups is 2. The lowest BCUT2D eigenvalue weighted by atomic mass is 10.2. The van der Waals surface area contributed by atoms with E-state index in [1.807, 2.05) is 6.92 Å². The highest BCUT2D eigenvalue weighted by Crippen LogP contribution is 2.38. The van der Waals surface area contributed by atoms with Gasteiger partial charge in [0, 0.05) is 5.69 Å². The van der Waals surface area contributed by atoms with Gasteiger partial charge in [-0.05, 0) is 43.5 Å². The van der Waals surface area contributed by atoms with E-state index in [0.29, 0.717) is 17.4 Å². The van der Waals surface area contributed by atoms with Crippen molar-refractivity contribution in [1.29, 1.82) is 0 Å². The van der Waals surface area contributed by atoms with E-state index in [4.69, 9.17) is 9.47 Å². The number of hydrogen-bond acceptors (Lipinski definition) is 4. The number of anilines is 1. The zero-order chi connectivity index (χ0) is 14.7. The van der Waals surface area contributed by atoms with Crippen LogP contribution in [0.3, 0.4) is 0 Å². The van der Waals surface area contributed by atoms with Crippen molar-refractivity contribution in [3.63, 3.8) is 0 Å². The Labute approximate surface area is 118 Å². The quantitative estimate of drug-likeness (QED) is 0.838. The molecular weight excluding hydrogens is 258 g/mol. The fourth-order valence-corrected chi connectivity index (χ4v) is 1.88. The van der Waals surface area contributed by atoms with Crippen molar-refractivity contribution in [3.8, 4) is 5.75 Å². The third-order valence-corrected chi connectivity index (χ3v) is 3.43. The second-order valence-electron chi connectivity index (χ2n) is 5.12. The lowest BCUT2D eigenvalue weighted by Crippen LogP contribution is -2.30. The highest BCUT2D eigenvalue weighted by Gasteiger charge is 2.41. The Morgan fingerprint density at radius 1 is 1.30 bits per heavy atom. The van der Waals surface area contributed by atoms with Crippen LogP contribution >= 0.6 is 0 Å². The van der Waals surface area contributed by atoms with Gasteiger partial charge in [-0.2, -0.15) is 0 Å². The van der Waals surface area contributed by atoms with E-state index in [1.54, 1.807) is 38.3 Å². The number of benzene rings is 1. The monoisotopic (exact) mass is 277 g/mol. The van der Waals surface area contributed by atoms with Gasteiger partial charge in [-0.25, -0.2) is 0 Å². The van der Waals surface area contributed by atoms with E-state index in [0.717, 1.165) is 6.42 Å². The maximum Gasteiger partial charge on any atom is 0.309 e. The van der Waals surface area contributed by atoms with Crippen molar-refractivity contribution in [2.24, 2.45) is 11.8 Å². The molecule has 1 amide bonds. The maximum atomic E-state index is 11.9. The van der Waals surface area contributed by atoms with Crippen LogP contribution in [-0.4, -0.2) is 25.1 Å². The molecular formula is C15H19NO4. The summed E-state index contributed by atoms with van der Waals surface area (Å²) >= 11 is 0. The van der Waals surface area contributed by atoms with E-state index in [2.05, 4.69) is 5.32 Å². The number of hydrogen-bond donors (Lipinski definition) is 1. The molecule has 3 atom stereocenters. The van der Waals surface area contributed by atoms with Crippen molar-refractivity contribution in [1.82, 2.24) is 0 Å². The number of nitrogens with one attached hydrogen (secondary N) is 1. The standard InChI is InChI=1S/C15H19NO4/c1-9-8-13(9)15(18)20-10(2)14(17)16-11-4-6-12(19-3)7-5-11/h4-7,9-10,13H,8H2,1-3H3,(H,16,17)/t9-,10-,13+/m0/s1. The van der Waals surface area contributed by atoms with Crippen LogP contribution in [0.15, 0.2) is 24.3 Å². The van der Waals surface area contributed by atoms with Crippen LogP contribution in [0, 0.1) is 11.8 Å². The molecule has 0 aromatic heterocycles. The van der Waals surface area contributed by atoms with E-state index in [9.17, 15) is 9.59 Å². The molecule has 2 rings (SSSR count). The van der Waals surface area contributed by atoms with Crippen molar-refractivity contribution in [3.05, 3.63) is 24.3 Å². The normalized spacial score (nSPS) is 21.8. The van der Waals surface area contributed by atoms with Gasteiger partial charge >= 0.3 is 5.97 Å². The molecule has 1 aliphatic rings. The minimum absolute atomic E-state index is 0.0359. The summed E-state index contributed by atoms with van der Waals surface area (Å²) in [5.74, 6) is 0.433. The molecule has 0 aliphatic heterocycles. The summed E-state index contributed by atoms with van der Waals surface area (Å²) in [7, 11) is 1.58. The predicted molar refractivity (Wildman–Crippen MR) is 74.4 cm³/mol. The summed E-state index contributed by atoms with van der Waals surface area (Å²) in [5, 5.41) is 2.70. The van der Waals surface area contributed by atoms with E-state index >= 15 is 0 Å². The molecule has 0 saturated heterocycles. The average Bonchev–Trinajstić information content (AvgIpc) is 3.16. The number of ether oxygens (including phenoxy) is 2. The van der Waals surface area contributed by atoms with Crippen molar-refractivity contribution < 1.29 is 19.1 Å². The number of esters is 1. The average molecular weight is 277 g/mol. The summed E-state index contributed by atoms with van der Waals surface area (Å²) < 4.78 is 10.2. The first-order valence-electron chi connectivity index (χ1n) is 6.66. The van der Waals surface area contributed by atoms with Gasteiger partial charge in [-0.15, -0.1) is 0 Å². The fraction of sp³-hybridized carbons (Fsp3) is 0.467. The molecule has 108 valence electrons. The van der Waals surface area contributed by atoms with Crippen molar-refractivity contribution in [2.45, 2.75) is 26.4 Å². The van der Waals surface area contributed by atoms with Gasteiger partial charge in [-0.3, -0.25) is 9.59 Å². The second-order valence-corrected chi connectivity index (χ2v) is 5.12. The SMILES string of the molecule is COc1ccc(NC(=O)[C@H](C)OC(=O)[C@@H]2C[C@@H]2C)cc1. The van der Waals surface area contributed by atoms with Crippen LogP contribution in [0.2, 0.25) is 0 Å². The van der Waals surface area contributed by atoms with E-state index < -0.39 is 6.10 Å². The molecule has 1 fully saturated rings. The van der Waals surface area contributed by atoms with Crippen LogP contribution in [0.25, 0.3) is 0 Å². The number of methoxy groups -OCH3 is 1. The van der Waals surface area contributed by atoms with Gasteiger partial charge in [0.05, 0.1) is 13.0 Å². The summed E-state index contributed by atoms with van der Waals surface area (Å²) in [6, 6.07) is 6.96. The topological polar surface area (TPSA) is 64.6 Å². The Morgan fingerprint density at radius 2 is 1.90 bits per heavy atom. The molecule has 5 nitrogen and oxygen atoms in total. The van der Waals surface area contributed by atoms with Crippen LogP contribution in [0.4, 0.5) is 5.69 Å². The van der Waals surface area contributed by atoms with E-state index in [-0.39, 0.29) is 17.8 Å². The molecule has 1 aromatic rings. The highest BCUT2D eigenvalue weighted by molar-refractivity contribution is 5.95. The molecule has 1 aliphatic carbocycles. The van der Waals surface area contributed by atoms with E-state index in [1.165, 1.54) is 0 Å². The van der Waals surface area contributed by atoms with Gasteiger partial charge in [0.1, 0.15) is 5.75 Å². The Kier molecular flexibility index (Phi) is 4.27. The van der Waals surface area contributed by atoms with Crippen LogP contribution < -0.4 is 10.1 Å². The molecule has 1 N–H and O–H groups in total.